The monoisotopic (exact) mass is 762 g/mol. The molecule has 0 unspecified atom stereocenters. The summed E-state index contributed by atoms with van der Waals surface area (Å²) in [6.07, 6.45) is 4.29. The molecule has 0 bridgehead atoms. The van der Waals surface area contributed by atoms with Crippen LogP contribution in [0.1, 0.15) is 69.8 Å². The molecule has 2 aliphatic heterocycles. The molecule has 0 saturated carbocycles. The van der Waals surface area contributed by atoms with Crippen molar-refractivity contribution in [2.45, 2.75) is 65.3 Å². The number of pyridine rings is 1. The van der Waals surface area contributed by atoms with Crippen molar-refractivity contribution in [3.05, 3.63) is 111 Å². The number of benzene rings is 3. The smallest absolute Gasteiger partial charge is 0.254 e. The summed E-state index contributed by atoms with van der Waals surface area (Å²) in [5, 5.41) is 10.1. The lowest BCUT2D eigenvalue weighted by Crippen LogP contribution is -2.43. The van der Waals surface area contributed by atoms with Crippen LogP contribution in [0.3, 0.4) is 0 Å². The van der Waals surface area contributed by atoms with Gasteiger partial charge in [0, 0.05) is 98.0 Å². The number of carbonyl (C=O) groups excluding carboxylic acids is 2. The number of anilines is 1. The van der Waals surface area contributed by atoms with Gasteiger partial charge in [0.25, 0.3) is 5.91 Å². The number of carbonyl (C=O) groups is 2. The molecule has 0 aliphatic carbocycles. The fourth-order valence-corrected chi connectivity index (χ4v) is 7.90. The highest BCUT2D eigenvalue weighted by Crippen LogP contribution is 2.34. The number of aryl methyl sites for hydroxylation is 2. The van der Waals surface area contributed by atoms with E-state index in [4.69, 9.17) is 27.1 Å². The van der Waals surface area contributed by atoms with E-state index in [1.807, 2.05) is 27.9 Å². The normalized spacial score (nSPS) is 15.7. The molecule has 11 nitrogen and oxygen atoms in total. The van der Waals surface area contributed by atoms with E-state index < -0.39 is 5.91 Å². The van der Waals surface area contributed by atoms with Gasteiger partial charge in [-0.15, -0.1) is 0 Å². The molecule has 288 valence electrons. The first kappa shape index (κ1) is 38.5. The van der Waals surface area contributed by atoms with Crippen LogP contribution in [0.5, 0.6) is 0 Å². The van der Waals surface area contributed by atoms with Crippen molar-refractivity contribution < 1.29 is 14.3 Å². The molecule has 3 N–H and O–H groups in total. The molecule has 0 atom stereocenters. The lowest BCUT2D eigenvalue weighted by atomic mass is 9.99. The van der Waals surface area contributed by atoms with Crippen molar-refractivity contribution in [3.8, 4) is 11.1 Å². The van der Waals surface area contributed by atoms with E-state index in [0.29, 0.717) is 36.8 Å². The molecule has 0 spiro atoms. The highest BCUT2D eigenvalue weighted by molar-refractivity contribution is 6.33. The zero-order chi connectivity index (χ0) is 38.5. The first-order valence-electron chi connectivity index (χ1n) is 19.4. The predicted molar refractivity (Wildman–Crippen MR) is 218 cm³/mol. The summed E-state index contributed by atoms with van der Waals surface area (Å²) in [6, 6.07) is 21.4. The van der Waals surface area contributed by atoms with Crippen LogP contribution in [0, 0.1) is 0 Å². The van der Waals surface area contributed by atoms with Crippen LogP contribution in [0.2, 0.25) is 5.02 Å². The van der Waals surface area contributed by atoms with Gasteiger partial charge in [-0.2, -0.15) is 5.10 Å². The molecule has 7 rings (SSSR count). The highest BCUT2D eigenvalue weighted by atomic mass is 35.5. The summed E-state index contributed by atoms with van der Waals surface area (Å²) in [5.41, 5.74) is 14.0. The van der Waals surface area contributed by atoms with Crippen molar-refractivity contribution in [1.82, 2.24) is 29.5 Å². The van der Waals surface area contributed by atoms with Crippen molar-refractivity contribution in [1.29, 1.82) is 0 Å². The number of piperazine rings is 1. The van der Waals surface area contributed by atoms with Gasteiger partial charge in [-0.1, -0.05) is 48.9 Å². The number of amides is 2. The Balaban J connectivity index is 1.27. The molecule has 12 heteroatoms. The number of nitrogens with two attached hydrogens (primary N) is 1. The number of nitrogens with zero attached hydrogens (tertiary/aromatic N) is 6. The maximum atomic E-state index is 14.7. The van der Waals surface area contributed by atoms with Gasteiger partial charge in [0.1, 0.15) is 0 Å². The van der Waals surface area contributed by atoms with Crippen LogP contribution in [-0.2, 0) is 37.3 Å². The van der Waals surface area contributed by atoms with Gasteiger partial charge in [-0.05, 0) is 86.3 Å². The van der Waals surface area contributed by atoms with Crippen LogP contribution in [0.4, 0.5) is 5.69 Å². The van der Waals surface area contributed by atoms with E-state index in [1.165, 1.54) is 5.56 Å². The van der Waals surface area contributed by atoms with E-state index in [0.717, 1.165) is 90.2 Å². The fourth-order valence-electron chi connectivity index (χ4n) is 7.67. The molecule has 3 aromatic carbocycles. The van der Waals surface area contributed by atoms with Crippen LogP contribution >= 0.6 is 11.6 Å². The second-order valence-electron chi connectivity index (χ2n) is 14.7. The standard InChI is InChI=1S/C43H51ClN8O3/c1-4-39-37(40(47-34-14-20-55-21-15-34)36-25-46-52(5-2)42(36)48-39)28-51(43(54)33-11-7-10-32(24-33)41(45)53)27-30-12-13-38(44)35(23-30)31-9-6-8-29(22-31)26-50-18-16-49(3)17-19-50/h6-13,22-25,34H,4-5,14-21,26-28H2,1-3H3,(H2,45,53)(H,47,48). The summed E-state index contributed by atoms with van der Waals surface area (Å²) in [4.78, 5) is 38.7. The highest BCUT2D eigenvalue weighted by Gasteiger charge is 2.26. The molecule has 4 heterocycles. The van der Waals surface area contributed by atoms with E-state index in [1.54, 1.807) is 24.3 Å². The molecule has 5 aromatic rings. The minimum absolute atomic E-state index is 0.204. The summed E-state index contributed by atoms with van der Waals surface area (Å²) < 4.78 is 7.60. The lowest BCUT2D eigenvalue weighted by Gasteiger charge is -2.32. The summed E-state index contributed by atoms with van der Waals surface area (Å²) in [5.74, 6) is -0.811. The third-order valence-corrected chi connectivity index (χ3v) is 11.2. The van der Waals surface area contributed by atoms with Gasteiger partial charge >= 0.3 is 0 Å². The van der Waals surface area contributed by atoms with Crippen molar-refractivity contribution in [2.75, 3.05) is 51.8 Å². The SMILES string of the molecule is CCc1nc2c(cnn2CC)c(NC2CCOCC2)c1CN(Cc1ccc(Cl)c(-c2cccc(CN3CCN(C)CC3)c2)c1)C(=O)c1cccc(C(N)=O)c1. The predicted octanol–water partition coefficient (Wildman–Crippen LogP) is 6.61. The summed E-state index contributed by atoms with van der Waals surface area (Å²) in [6.45, 7) is 11.9. The maximum absolute atomic E-state index is 14.7. The van der Waals surface area contributed by atoms with Gasteiger partial charge in [0.2, 0.25) is 5.91 Å². The summed E-state index contributed by atoms with van der Waals surface area (Å²) >= 11 is 6.91. The van der Waals surface area contributed by atoms with Crippen LogP contribution in [0.15, 0.2) is 72.9 Å². The van der Waals surface area contributed by atoms with Crippen molar-refractivity contribution in [2.24, 2.45) is 5.73 Å². The maximum Gasteiger partial charge on any atom is 0.254 e. The van der Waals surface area contributed by atoms with Crippen LogP contribution in [0.25, 0.3) is 22.2 Å². The van der Waals surface area contributed by atoms with Crippen LogP contribution in [-0.4, -0.2) is 93.8 Å². The third-order valence-electron chi connectivity index (χ3n) is 10.9. The number of aromatic nitrogens is 3. The summed E-state index contributed by atoms with van der Waals surface area (Å²) in [7, 11) is 2.17. The molecule has 2 amide bonds. The number of likely N-dealkylation sites (N-methyl/N-ethyl adjacent to an activating group) is 1. The van der Waals surface area contributed by atoms with E-state index in [-0.39, 0.29) is 30.6 Å². The first-order chi connectivity index (χ1) is 26.7. The number of ether oxygens (including phenoxy) is 1. The Kier molecular flexibility index (Phi) is 12.1. The van der Waals surface area contributed by atoms with E-state index in [2.05, 4.69) is 71.4 Å². The molecule has 2 saturated heterocycles. The lowest BCUT2D eigenvalue weighted by molar-refractivity contribution is 0.0730. The Morgan fingerprint density at radius 3 is 2.45 bits per heavy atom. The Bertz CT molecular complexity index is 2160. The number of hydrogen-bond acceptors (Lipinski definition) is 8. The van der Waals surface area contributed by atoms with Crippen LogP contribution < -0.4 is 11.1 Å². The van der Waals surface area contributed by atoms with Gasteiger partial charge in [0.05, 0.1) is 23.8 Å². The second kappa shape index (κ2) is 17.3. The molecular formula is C43H51ClN8O3. The second-order valence-corrected chi connectivity index (χ2v) is 15.1. The number of nitrogens with one attached hydrogen (secondary N) is 1. The van der Waals surface area contributed by atoms with Crippen molar-refractivity contribution in [3.63, 3.8) is 0 Å². The van der Waals surface area contributed by atoms with Gasteiger partial charge < -0.3 is 25.6 Å². The topological polar surface area (TPSA) is 122 Å². The minimum Gasteiger partial charge on any atom is -0.381 e. The average Bonchev–Trinajstić information content (AvgIpc) is 3.63. The first-order valence-corrected chi connectivity index (χ1v) is 19.8. The third kappa shape index (κ3) is 8.86. The fraction of sp³-hybridized carbons (Fsp3) is 0.395. The van der Waals surface area contributed by atoms with E-state index >= 15 is 0 Å². The quantitative estimate of drug-likeness (QED) is 0.138. The molecule has 2 aromatic heterocycles. The Morgan fingerprint density at radius 2 is 1.71 bits per heavy atom. The van der Waals surface area contributed by atoms with Gasteiger partial charge in [-0.25, -0.2) is 9.67 Å². The van der Waals surface area contributed by atoms with Gasteiger partial charge in [-0.3, -0.25) is 14.5 Å². The van der Waals surface area contributed by atoms with Crippen molar-refractivity contribution >= 4 is 40.1 Å². The minimum atomic E-state index is -0.586. The van der Waals surface area contributed by atoms with E-state index in [9.17, 15) is 9.59 Å². The Hall–Kier alpha value is -4.81. The largest absolute Gasteiger partial charge is 0.381 e. The molecular weight excluding hydrogens is 712 g/mol. The zero-order valence-corrected chi connectivity index (χ0v) is 32.8. The van der Waals surface area contributed by atoms with Gasteiger partial charge in [0.15, 0.2) is 5.65 Å². The Morgan fingerprint density at radius 1 is 0.945 bits per heavy atom. The Labute approximate surface area is 328 Å². The number of halogens is 1. The molecule has 0 radical (unpaired) electrons. The number of fused-ring (bicyclic) bond motifs is 1. The molecule has 55 heavy (non-hydrogen) atoms. The molecule has 2 aliphatic rings. The number of hydrogen-bond donors (Lipinski definition) is 2. The zero-order valence-electron chi connectivity index (χ0n) is 32.1. The molecule has 2 fully saturated rings. The average molecular weight is 763 g/mol. The number of rotatable bonds is 13. The number of primary amides is 1.